The van der Waals surface area contributed by atoms with Crippen LogP contribution in [0.4, 0.5) is 0 Å². The molecule has 1 aromatic carbocycles. The van der Waals surface area contributed by atoms with Crippen molar-refractivity contribution in [2.24, 2.45) is 0 Å². The van der Waals surface area contributed by atoms with Gasteiger partial charge in [-0.15, -0.1) is 11.3 Å². The van der Waals surface area contributed by atoms with Crippen LogP contribution < -0.4 is 5.32 Å². The van der Waals surface area contributed by atoms with Gasteiger partial charge >= 0.3 is 0 Å². The third kappa shape index (κ3) is 2.61. The van der Waals surface area contributed by atoms with Gasteiger partial charge in [0.2, 0.25) is 0 Å². The minimum atomic E-state index is 0.256. The van der Waals surface area contributed by atoms with Crippen LogP contribution in [0.15, 0.2) is 30.3 Å². The number of thiophene rings is 1. The van der Waals surface area contributed by atoms with Crippen LogP contribution in [-0.4, -0.2) is 18.3 Å². The Bertz CT molecular complexity index is 419. The fourth-order valence-electron chi connectivity index (χ4n) is 1.71. The summed E-state index contributed by atoms with van der Waals surface area (Å²) in [5.41, 5.74) is 0. The zero-order valence-electron chi connectivity index (χ0n) is 9.44. The minimum Gasteiger partial charge on any atom is -0.396 e. The summed E-state index contributed by atoms with van der Waals surface area (Å²) >= 11 is 1.84. The fraction of sp³-hybridized carbons (Fsp3) is 0.385. The van der Waals surface area contributed by atoms with Crippen LogP contribution in [0.5, 0.6) is 0 Å². The van der Waals surface area contributed by atoms with Crippen LogP contribution in [0.3, 0.4) is 0 Å². The van der Waals surface area contributed by atoms with Crippen molar-refractivity contribution in [3.05, 3.63) is 35.2 Å². The highest BCUT2D eigenvalue weighted by molar-refractivity contribution is 7.19. The van der Waals surface area contributed by atoms with Gasteiger partial charge in [0.05, 0.1) is 0 Å². The molecule has 1 heterocycles. The number of hydrogen-bond donors (Lipinski definition) is 2. The quantitative estimate of drug-likeness (QED) is 0.781. The van der Waals surface area contributed by atoms with Gasteiger partial charge in [-0.1, -0.05) is 18.2 Å². The van der Waals surface area contributed by atoms with Gasteiger partial charge in [0.1, 0.15) is 0 Å². The molecule has 1 aromatic heterocycles. The molecule has 0 radical (unpaired) electrons. The Morgan fingerprint density at radius 1 is 1.38 bits per heavy atom. The smallest absolute Gasteiger partial charge is 0.0443 e. The van der Waals surface area contributed by atoms with E-state index in [1.54, 1.807) is 0 Å². The molecule has 1 unspecified atom stereocenters. The van der Waals surface area contributed by atoms with Crippen molar-refractivity contribution in [3.63, 3.8) is 0 Å². The van der Waals surface area contributed by atoms with Crippen LogP contribution >= 0.6 is 11.3 Å². The Morgan fingerprint density at radius 3 is 2.94 bits per heavy atom. The molecule has 3 heteroatoms. The molecule has 86 valence electrons. The van der Waals surface area contributed by atoms with Gasteiger partial charge in [-0.25, -0.2) is 0 Å². The molecular weight excluding hydrogens is 218 g/mol. The molecule has 0 saturated carbocycles. The first-order valence-corrected chi connectivity index (χ1v) is 6.45. The van der Waals surface area contributed by atoms with Crippen molar-refractivity contribution in [1.82, 2.24) is 5.32 Å². The lowest BCUT2D eigenvalue weighted by atomic mass is 10.2. The van der Waals surface area contributed by atoms with E-state index in [0.29, 0.717) is 6.04 Å². The predicted octanol–water partition coefficient (Wildman–Crippen LogP) is 2.93. The molecule has 0 bridgehead atoms. The summed E-state index contributed by atoms with van der Waals surface area (Å²) < 4.78 is 1.34. The van der Waals surface area contributed by atoms with Gasteiger partial charge in [-0.2, -0.15) is 0 Å². The number of benzene rings is 1. The van der Waals surface area contributed by atoms with E-state index in [4.69, 9.17) is 5.11 Å². The second-order valence-corrected chi connectivity index (χ2v) is 5.05. The lowest BCUT2D eigenvalue weighted by Gasteiger charge is -2.10. The van der Waals surface area contributed by atoms with E-state index in [1.165, 1.54) is 15.0 Å². The number of rotatable bonds is 5. The average Bonchev–Trinajstić information content (AvgIpc) is 2.73. The second-order valence-electron chi connectivity index (χ2n) is 3.94. The molecule has 2 rings (SSSR count). The first-order chi connectivity index (χ1) is 7.81. The molecule has 0 aliphatic heterocycles. The van der Waals surface area contributed by atoms with Gasteiger partial charge < -0.3 is 10.4 Å². The molecule has 2 N–H and O–H groups in total. The molecule has 2 nitrogen and oxygen atoms in total. The molecule has 16 heavy (non-hydrogen) atoms. The van der Waals surface area contributed by atoms with Crippen LogP contribution in [0.1, 0.15) is 24.3 Å². The Hall–Kier alpha value is -0.900. The highest BCUT2D eigenvalue weighted by atomic mass is 32.1. The Labute approximate surface area is 99.9 Å². The summed E-state index contributed by atoms with van der Waals surface area (Å²) in [5.74, 6) is 0. The zero-order valence-corrected chi connectivity index (χ0v) is 10.3. The van der Waals surface area contributed by atoms with Crippen molar-refractivity contribution in [3.8, 4) is 0 Å². The topological polar surface area (TPSA) is 32.3 Å². The van der Waals surface area contributed by atoms with Gasteiger partial charge in [0, 0.05) is 22.2 Å². The molecule has 2 aromatic rings. The summed E-state index contributed by atoms with van der Waals surface area (Å²) in [6.07, 6.45) is 0.815. The molecule has 0 aliphatic rings. The standard InChI is InChI=1S/C13H17NOS/c1-10(14-7-4-8-15)13-9-11-5-2-3-6-12(11)16-13/h2-3,5-6,9-10,14-15H,4,7-8H2,1H3. The summed E-state index contributed by atoms with van der Waals surface area (Å²) in [4.78, 5) is 1.36. The molecule has 0 spiro atoms. The monoisotopic (exact) mass is 235 g/mol. The van der Waals surface area contributed by atoms with Crippen molar-refractivity contribution in [2.45, 2.75) is 19.4 Å². The van der Waals surface area contributed by atoms with E-state index in [2.05, 4.69) is 42.6 Å². The molecule has 0 aliphatic carbocycles. The van der Waals surface area contributed by atoms with Crippen LogP contribution in [0.2, 0.25) is 0 Å². The summed E-state index contributed by atoms with van der Waals surface area (Å²) in [6, 6.07) is 11.1. The maximum atomic E-state index is 8.73. The van der Waals surface area contributed by atoms with Crippen LogP contribution in [0, 0.1) is 0 Å². The highest BCUT2D eigenvalue weighted by Crippen LogP contribution is 2.29. The predicted molar refractivity (Wildman–Crippen MR) is 69.9 cm³/mol. The molecule has 0 amide bonds. The normalized spacial score (nSPS) is 13.1. The average molecular weight is 235 g/mol. The highest BCUT2D eigenvalue weighted by Gasteiger charge is 2.08. The lowest BCUT2D eigenvalue weighted by Crippen LogP contribution is -2.19. The maximum absolute atomic E-state index is 8.73. The first kappa shape index (κ1) is 11.6. The van der Waals surface area contributed by atoms with Crippen LogP contribution in [0.25, 0.3) is 10.1 Å². The molecule has 0 saturated heterocycles. The number of hydrogen-bond acceptors (Lipinski definition) is 3. The van der Waals surface area contributed by atoms with E-state index >= 15 is 0 Å². The van der Waals surface area contributed by atoms with E-state index in [-0.39, 0.29) is 6.61 Å². The van der Waals surface area contributed by atoms with Gasteiger partial charge in [-0.3, -0.25) is 0 Å². The molecular formula is C13H17NOS. The van der Waals surface area contributed by atoms with E-state index < -0.39 is 0 Å². The van der Waals surface area contributed by atoms with Crippen LogP contribution in [-0.2, 0) is 0 Å². The summed E-state index contributed by atoms with van der Waals surface area (Å²) in [7, 11) is 0. The maximum Gasteiger partial charge on any atom is 0.0443 e. The Morgan fingerprint density at radius 2 is 2.19 bits per heavy atom. The first-order valence-electron chi connectivity index (χ1n) is 5.64. The largest absolute Gasteiger partial charge is 0.396 e. The van der Waals surface area contributed by atoms with Gasteiger partial charge in [0.25, 0.3) is 0 Å². The van der Waals surface area contributed by atoms with E-state index in [0.717, 1.165) is 13.0 Å². The second kappa shape index (κ2) is 5.43. The third-order valence-corrected chi connectivity index (χ3v) is 3.96. The lowest BCUT2D eigenvalue weighted by molar-refractivity contribution is 0.284. The number of aliphatic hydroxyl groups is 1. The molecule has 1 atom stereocenters. The van der Waals surface area contributed by atoms with E-state index in [9.17, 15) is 0 Å². The van der Waals surface area contributed by atoms with Gasteiger partial charge in [-0.05, 0) is 37.4 Å². The van der Waals surface area contributed by atoms with Crippen molar-refractivity contribution >= 4 is 21.4 Å². The summed E-state index contributed by atoms with van der Waals surface area (Å²) in [6.45, 7) is 3.29. The Balaban J connectivity index is 2.07. The van der Waals surface area contributed by atoms with E-state index in [1.807, 2.05) is 11.3 Å². The van der Waals surface area contributed by atoms with Crippen molar-refractivity contribution in [1.29, 1.82) is 0 Å². The zero-order chi connectivity index (χ0) is 11.4. The molecule has 0 fully saturated rings. The van der Waals surface area contributed by atoms with Crippen molar-refractivity contribution < 1.29 is 5.11 Å². The number of fused-ring (bicyclic) bond motifs is 1. The van der Waals surface area contributed by atoms with Crippen molar-refractivity contribution in [2.75, 3.05) is 13.2 Å². The third-order valence-electron chi connectivity index (χ3n) is 2.66. The number of nitrogens with one attached hydrogen (secondary N) is 1. The fourth-order valence-corrected chi connectivity index (χ4v) is 2.81. The summed E-state index contributed by atoms with van der Waals surface area (Å²) in [5, 5.41) is 13.5. The minimum absolute atomic E-state index is 0.256. The Kier molecular flexibility index (Phi) is 3.93. The van der Waals surface area contributed by atoms with Gasteiger partial charge in [0.15, 0.2) is 0 Å². The SMILES string of the molecule is CC(NCCCO)c1cc2ccccc2s1. The number of aliphatic hydroxyl groups excluding tert-OH is 1.